The molecule has 0 unspecified atom stereocenters. The van der Waals surface area contributed by atoms with Crippen molar-refractivity contribution in [2.75, 3.05) is 0 Å². The lowest BCUT2D eigenvalue weighted by molar-refractivity contribution is 0.0749. The van der Waals surface area contributed by atoms with E-state index in [4.69, 9.17) is 0 Å². The van der Waals surface area contributed by atoms with E-state index in [2.05, 4.69) is 0 Å². The SMILES string of the molecule is O=C1c2cc(=O)[nH]c(=O)n2C(=O)N1C1CCCCC1. The van der Waals surface area contributed by atoms with Crippen LogP contribution < -0.4 is 11.2 Å². The van der Waals surface area contributed by atoms with E-state index < -0.39 is 23.2 Å². The topological polar surface area (TPSA) is 92.2 Å². The van der Waals surface area contributed by atoms with E-state index in [0.717, 1.165) is 47.6 Å². The summed E-state index contributed by atoms with van der Waals surface area (Å²) in [6.07, 6.45) is 4.54. The van der Waals surface area contributed by atoms with Crippen molar-refractivity contribution in [2.45, 2.75) is 38.1 Å². The van der Waals surface area contributed by atoms with Crippen LogP contribution in [-0.2, 0) is 0 Å². The van der Waals surface area contributed by atoms with Gasteiger partial charge in [-0.1, -0.05) is 19.3 Å². The van der Waals surface area contributed by atoms with Gasteiger partial charge in [0.1, 0.15) is 5.69 Å². The predicted octanol–water partition coefficient (Wildman–Crippen LogP) is 0.293. The fourth-order valence-electron chi connectivity index (χ4n) is 2.82. The molecule has 0 atom stereocenters. The van der Waals surface area contributed by atoms with Gasteiger partial charge in [-0.05, 0) is 12.8 Å². The van der Waals surface area contributed by atoms with Gasteiger partial charge in [0.25, 0.3) is 11.5 Å². The minimum Gasteiger partial charge on any atom is -0.274 e. The van der Waals surface area contributed by atoms with E-state index in [1.54, 1.807) is 0 Å². The van der Waals surface area contributed by atoms with Gasteiger partial charge >= 0.3 is 11.7 Å². The van der Waals surface area contributed by atoms with Crippen LogP contribution in [0.3, 0.4) is 0 Å². The normalized spacial score (nSPS) is 19.9. The molecule has 1 aromatic rings. The summed E-state index contributed by atoms with van der Waals surface area (Å²) < 4.78 is 0.748. The molecular weight excluding hydrogens is 250 g/mol. The molecule has 1 aliphatic carbocycles. The fraction of sp³-hybridized carbons (Fsp3) is 0.500. The van der Waals surface area contributed by atoms with Crippen LogP contribution in [0, 0.1) is 0 Å². The lowest BCUT2D eigenvalue weighted by atomic mass is 9.94. The zero-order chi connectivity index (χ0) is 13.6. The summed E-state index contributed by atoms with van der Waals surface area (Å²) in [5.74, 6) is -0.542. The Bertz CT molecular complexity index is 666. The molecule has 1 aromatic heterocycles. The molecule has 2 aliphatic rings. The highest BCUT2D eigenvalue weighted by atomic mass is 16.2. The van der Waals surface area contributed by atoms with Crippen molar-refractivity contribution in [3.8, 4) is 0 Å². The number of nitrogens with zero attached hydrogens (tertiary/aromatic N) is 2. The number of nitrogens with one attached hydrogen (secondary N) is 1. The molecule has 1 saturated carbocycles. The number of hydrogen-bond donors (Lipinski definition) is 1. The van der Waals surface area contributed by atoms with E-state index in [0.29, 0.717) is 0 Å². The summed E-state index contributed by atoms with van der Waals surface area (Å²) in [5, 5.41) is 0. The number of carbonyl (C=O) groups is 2. The van der Waals surface area contributed by atoms with Crippen molar-refractivity contribution in [1.29, 1.82) is 0 Å². The van der Waals surface area contributed by atoms with Gasteiger partial charge in [0.2, 0.25) is 0 Å². The molecule has 100 valence electrons. The van der Waals surface area contributed by atoms with Crippen molar-refractivity contribution in [1.82, 2.24) is 14.5 Å². The predicted molar refractivity (Wildman–Crippen MR) is 65.2 cm³/mol. The Labute approximate surface area is 107 Å². The maximum Gasteiger partial charge on any atom is 0.340 e. The maximum atomic E-state index is 12.2. The second-order valence-corrected chi connectivity index (χ2v) is 4.91. The molecule has 7 heteroatoms. The molecule has 0 radical (unpaired) electrons. The summed E-state index contributed by atoms with van der Waals surface area (Å²) in [6, 6.07) is 0.195. The van der Waals surface area contributed by atoms with Crippen molar-refractivity contribution in [2.24, 2.45) is 0 Å². The molecule has 1 N–H and O–H groups in total. The zero-order valence-corrected chi connectivity index (χ0v) is 10.2. The molecule has 2 heterocycles. The van der Waals surface area contributed by atoms with Gasteiger partial charge in [-0.3, -0.25) is 19.5 Å². The smallest absolute Gasteiger partial charge is 0.274 e. The molecule has 2 amide bonds. The van der Waals surface area contributed by atoms with Crippen LogP contribution >= 0.6 is 0 Å². The van der Waals surface area contributed by atoms with Crippen LogP contribution in [0.5, 0.6) is 0 Å². The maximum absolute atomic E-state index is 12.2. The van der Waals surface area contributed by atoms with E-state index in [-0.39, 0.29) is 11.7 Å². The van der Waals surface area contributed by atoms with Crippen LogP contribution in [0.1, 0.15) is 42.6 Å². The van der Waals surface area contributed by atoms with E-state index in [1.165, 1.54) is 0 Å². The van der Waals surface area contributed by atoms with E-state index in [9.17, 15) is 19.2 Å². The first kappa shape index (κ1) is 11.9. The molecular formula is C12H13N3O4. The summed E-state index contributed by atoms with van der Waals surface area (Å²) in [5.41, 5.74) is -1.65. The van der Waals surface area contributed by atoms with Gasteiger partial charge in [0, 0.05) is 12.1 Å². The largest absolute Gasteiger partial charge is 0.340 e. The third-order valence-electron chi connectivity index (χ3n) is 3.72. The number of carbonyl (C=O) groups excluding carboxylic acids is 2. The van der Waals surface area contributed by atoms with Crippen LogP contribution in [0.25, 0.3) is 0 Å². The highest BCUT2D eigenvalue weighted by Gasteiger charge is 2.41. The Balaban J connectivity index is 2.06. The highest BCUT2D eigenvalue weighted by molar-refractivity contribution is 6.11. The summed E-state index contributed by atoms with van der Waals surface area (Å²) >= 11 is 0. The lowest BCUT2D eigenvalue weighted by Crippen LogP contribution is -2.43. The molecule has 0 spiro atoms. The quantitative estimate of drug-likeness (QED) is 0.788. The molecule has 0 saturated heterocycles. The second kappa shape index (κ2) is 4.18. The molecule has 0 bridgehead atoms. The Morgan fingerprint density at radius 3 is 2.42 bits per heavy atom. The summed E-state index contributed by atoms with van der Waals surface area (Å²) in [4.78, 5) is 50.4. The summed E-state index contributed by atoms with van der Waals surface area (Å²) in [6.45, 7) is 0. The van der Waals surface area contributed by atoms with Gasteiger partial charge in [0.05, 0.1) is 0 Å². The van der Waals surface area contributed by atoms with Gasteiger partial charge < -0.3 is 0 Å². The number of amides is 2. The van der Waals surface area contributed by atoms with Crippen molar-refractivity contribution < 1.29 is 9.59 Å². The zero-order valence-electron chi connectivity index (χ0n) is 10.2. The average molecular weight is 263 g/mol. The molecule has 7 nitrogen and oxygen atoms in total. The number of rotatable bonds is 1. The molecule has 1 aliphatic heterocycles. The Hall–Kier alpha value is -2.18. The van der Waals surface area contributed by atoms with Crippen molar-refractivity contribution in [3.63, 3.8) is 0 Å². The third kappa shape index (κ3) is 1.73. The minimum absolute atomic E-state index is 0.135. The van der Waals surface area contributed by atoms with Crippen LogP contribution in [0.2, 0.25) is 0 Å². The average Bonchev–Trinajstić information content (AvgIpc) is 2.62. The van der Waals surface area contributed by atoms with Crippen molar-refractivity contribution in [3.05, 3.63) is 32.6 Å². The van der Waals surface area contributed by atoms with Gasteiger partial charge in [0.15, 0.2) is 0 Å². The Kier molecular flexibility index (Phi) is 2.62. The van der Waals surface area contributed by atoms with Gasteiger partial charge in [-0.2, -0.15) is 0 Å². The molecule has 0 aromatic carbocycles. The van der Waals surface area contributed by atoms with E-state index >= 15 is 0 Å². The Morgan fingerprint density at radius 2 is 1.74 bits per heavy atom. The number of imide groups is 1. The first-order chi connectivity index (χ1) is 9.09. The summed E-state index contributed by atoms with van der Waals surface area (Å²) in [7, 11) is 0. The Morgan fingerprint density at radius 1 is 1.05 bits per heavy atom. The minimum atomic E-state index is -0.848. The number of aromatic amines is 1. The number of aromatic nitrogens is 2. The monoisotopic (exact) mass is 263 g/mol. The van der Waals surface area contributed by atoms with Crippen LogP contribution in [0.4, 0.5) is 4.79 Å². The fourth-order valence-corrected chi connectivity index (χ4v) is 2.82. The lowest BCUT2D eigenvalue weighted by Gasteiger charge is -2.28. The van der Waals surface area contributed by atoms with Crippen LogP contribution in [-0.4, -0.2) is 32.4 Å². The number of H-pyrrole nitrogens is 1. The number of fused-ring (bicyclic) bond motifs is 1. The first-order valence-corrected chi connectivity index (χ1v) is 6.34. The highest BCUT2D eigenvalue weighted by Crippen LogP contribution is 2.26. The molecule has 3 rings (SSSR count). The van der Waals surface area contributed by atoms with Crippen molar-refractivity contribution >= 4 is 11.9 Å². The molecule has 19 heavy (non-hydrogen) atoms. The van der Waals surface area contributed by atoms with Crippen LogP contribution in [0.15, 0.2) is 15.7 Å². The van der Waals surface area contributed by atoms with E-state index in [1.807, 2.05) is 4.98 Å². The standard InChI is InChI=1S/C12H13N3O4/c16-9-6-8-10(17)14(7-4-2-1-3-5-7)12(19)15(8)11(18)13-9/h6-7H,1-5H2,(H,13,16,18). The van der Waals surface area contributed by atoms with Gasteiger partial charge in [-0.15, -0.1) is 0 Å². The van der Waals surface area contributed by atoms with Gasteiger partial charge in [-0.25, -0.2) is 14.2 Å². The third-order valence-corrected chi connectivity index (χ3v) is 3.72. The molecule has 1 fully saturated rings. The second-order valence-electron chi connectivity index (χ2n) is 4.91. The number of hydrogen-bond acceptors (Lipinski definition) is 4. The first-order valence-electron chi connectivity index (χ1n) is 6.34.